The molecule has 1 amide bonds. The highest BCUT2D eigenvalue weighted by molar-refractivity contribution is 7.13. The molecule has 0 saturated heterocycles. The standard InChI is InChI=1S/C23H21N3OS/c1-16-10-11-19(13-17(16)2)24-22(27)14-26-12-6-9-21(26)23-25-20(15-28-23)18-7-4-3-5-8-18/h3-13,15H,14H2,1-2H3,(H,24,27). The largest absolute Gasteiger partial charge is 0.336 e. The van der Waals surface area contributed by atoms with Crippen molar-refractivity contribution in [2.75, 3.05) is 5.32 Å². The van der Waals surface area contributed by atoms with Gasteiger partial charge in [0.05, 0.1) is 11.4 Å². The lowest BCUT2D eigenvalue weighted by atomic mass is 10.1. The number of hydrogen-bond donors (Lipinski definition) is 1. The van der Waals surface area contributed by atoms with Crippen molar-refractivity contribution in [3.05, 3.63) is 83.4 Å². The Morgan fingerprint density at radius 1 is 1.04 bits per heavy atom. The summed E-state index contributed by atoms with van der Waals surface area (Å²) in [6, 6.07) is 20.0. The number of benzene rings is 2. The van der Waals surface area contributed by atoms with Crippen LogP contribution in [0.4, 0.5) is 5.69 Å². The van der Waals surface area contributed by atoms with Crippen molar-refractivity contribution in [3.8, 4) is 22.0 Å². The van der Waals surface area contributed by atoms with Gasteiger partial charge in [-0.15, -0.1) is 11.3 Å². The number of hydrogen-bond acceptors (Lipinski definition) is 3. The Hall–Kier alpha value is -3.18. The second kappa shape index (κ2) is 7.82. The van der Waals surface area contributed by atoms with Crippen LogP contribution < -0.4 is 5.32 Å². The van der Waals surface area contributed by atoms with Crippen LogP contribution in [-0.2, 0) is 11.3 Å². The maximum atomic E-state index is 12.5. The minimum absolute atomic E-state index is 0.0551. The van der Waals surface area contributed by atoms with E-state index in [1.807, 2.05) is 66.2 Å². The quantitative estimate of drug-likeness (QED) is 0.489. The maximum Gasteiger partial charge on any atom is 0.244 e. The van der Waals surface area contributed by atoms with E-state index in [2.05, 4.69) is 29.8 Å². The number of aryl methyl sites for hydroxylation is 2. The van der Waals surface area contributed by atoms with Gasteiger partial charge < -0.3 is 9.88 Å². The summed E-state index contributed by atoms with van der Waals surface area (Å²) in [4.78, 5) is 17.3. The summed E-state index contributed by atoms with van der Waals surface area (Å²) in [6.07, 6.45) is 1.92. The van der Waals surface area contributed by atoms with Crippen LogP contribution >= 0.6 is 11.3 Å². The number of thiazole rings is 1. The van der Waals surface area contributed by atoms with Gasteiger partial charge in [-0.05, 0) is 49.2 Å². The molecule has 4 nitrogen and oxygen atoms in total. The number of nitrogens with one attached hydrogen (secondary N) is 1. The van der Waals surface area contributed by atoms with Crippen LogP contribution in [0.5, 0.6) is 0 Å². The zero-order valence-corrected chi connectivity index (χ0v) is 16.7. The first-order chi connectivity index (χ1) is 13.6. The van der Waals surface area contributed by atoms with Crippen LogP contribution in [0.25, 0.3) is 22.0 Å². The molecule has 0 aliphatic rings. The number of nitrogens with zero attached hydrogens (tertiary/aromatic N) is 2. The second-order valence-electron chi connectivity index (χ2n) is 6.77. The minimum atomic E-state index is -0.0551. The van der Waals surface area contributed by atoms with E-state index in [-0.39, 0.29) is 12.5 Å². The monoisotopic (exact) mass is 387 g/mol. The molecule has 0 atom stereocenters. The molecule has 0 spiro atoms. The highest BCUT2D eigenvalue weighted by Gasteiger charge is 2.13. The number of anilines is 1. The molecular formula is C23H21N3OS. The predicted molar refractivity (Wildman–Crippen MR) is 116 cm³/mol. The first kappa shape index (κ1) is 18.2. The molecule has 0 aliphatic carbocycles. The zero-order valence-electron chi connectivity index (χ0n) is 15.8. The number of carbonyl (C=O) groups is 1. The van der Waals surface area contributed by atoms with Crippen LogP contribution in [0.3, 0.4) is 0 Å². The molecule has 5 heteroatoms. The van der Waals surface area contributed by atoms with Gasteiger partial charge in [-0.1, -0.05) is 36.4 Å². The Morgan fingerprint density at radius 3 is 2.64 bits per heavy atom. The summed E-state index contributed by atoms with van der Waals surface area (Å²) in [7, 11) is 0. The van der Waals surface area contributed by atoms with Crippen molar-refractivity contribution in [2.45, 2.75) is 20.4 Å². The van der Waals surface area contributed by atoms with E-state index in [9.17, 15) is 4.79 Å². The topological polar surface area (TPSA) is 46.9 Å². The fourth-order valence-corrected chi connectivity index (χ4v) is 3.92. The lowest BCUT2D eigenvalue weighted by molar-refractivity contribution is -0.116. The van der Waals surface area contributed by atoms with Crippen LogP contribution in [0.15, 0.2) is 72.2 Å². The van der Waals surface area contributed by atoms with Crippen LogP contribution in [0.2, 0.25) is 0 Å². The molecule has 0 fully saturated rings. The average molecular weight is 388 g/mol. The third-order valence-corrected chi connectivity index (χ3v) is 5.59. The van der Waals surface area contributed by atoms with E-state index < -0.39 is 0 Å². The molecular weight excluding hydrogens is 366 g/mol. The van der Waals surface area contributed by atoms with E-state index in [1.165, 1.54) is 5.56 Å². The smallest absolute Gasteiger partial charge is 0.244 e. The predicted octanol–water partition coefficient (Wildman–Crippen LogP) is 5.53. The van der Waals surface area contributed by atoms with E-state index >= 15 is 0 Å². The van der Waals surface area contributed by atoms with Gasteiger partial charge >= 0.3 is 0 Å². The number of aromatic nitrogens is 2. The summed E-state index contributed by atoms with van der Waals surface area (Å²) in [5.74, 6) is -0.0551. The van der Waals surface area contributed by atoms with Crippen molar-refractivity contribution >= 4 is 22.9 Å². The molecule has 2 aromatic heterocycles. The Labute approximate surface area is 168 Å². The molecule has 4 rings (SSSR count). The second-order valence-corrected chi connectivity index (χ2v) is 7.63. The molecule has 140 valence electrons. The molecule has 2 aromatic carbocycles. The maximum absolute atomic E-state index is 12.5. The fraction of sp³-hybridized carbons (Fsp3) is 0.130. The van der Waals surface area contributed by atoms with E-state index in [1.54, 1.807) is 11.3 Å². The van der Waals surface area contributed by atoms with Gasteiger partial charge in [-0.2, -0.15) is 0 Å². The van der Waals surface area contributed by atoms with Gasteiger partial charge in [0.25, 0.3) is 0 Å². The van der Waals surface area contributed by atoms with Crippen molar-refractivity contribution in [3.63, 3.8) is 0 Å². The molecule has 0 aliphatic heterocycles. The SMILES string of the molecule is Cc1ccc(NC(=O)Cn2cccc2-c2nc(-c3ccccc3)cs2)cc1C. The van der Waals surface area contributed by atoms with Crippen LogP contribution in [0, 0.1) is 13.8 Å². The summed E-state index contributed by atoms with van der Waals surface area (Å²) in [5.41, 5.74) is 6.19. The Kier molecular flexibility index (Phi) is 5.08. The molecule has 0 bridgehead atoms. The lowest BCUT2D eigenvalue weighted by Gasteiger charge is -2.10. The summed E-state index contributed by atoms with van der Waals surface area (Å²) in [5, 5.41) is 5.94. The van der Waals surface area contributed by atoms with Crippen LogP contribution in [-0.4, -0.2) is 15.5 Å². The molecule has 2 heterocycles. The van der Waals surface area contributed by atoms with E-state index in [0.29, 0.717) is 0 Å². The van der Waals surface area contributed by atoms with Gasteiger partial charge in [-0.3, -0.25) is 4.79 Å². The van der Waals surface area contributed by atoms with Gasteiger partial charge in [-0.25, -0.2) is 4.98 Å². The number of rotatable bonds is 5. The first-order valence-electron chi connectivity index (χ1n) is 9.14. The van der Waals surface area contributed by atoms with Gasteiger partial charge in [0.2, 0.25) is 5.91 Å². The van der Waals surface area contributed by atoms with Crippen molar-refractivity contribution < 1.29 is 4.79 Å². The number of carbonyl (C=O) groups excluding carboxylic acids is 1. The first-order valence-corrected chi connectivity index (χ1v) is 10.0. The average Bonchev–Trinajstić information content (AvgIpc) is 3.34. The molecule has 0 unspecified atom stereocenters. The Bertz CT molecular complexity index is 1110. The van der Waals surface area contributed by atoms with Gasteiger partial charge in [0.15, 0.2) is 0 Å². The van der Waals surface area contributed by atoms with E-state index in [4.69, 9.17) is 4.98 Å². The van der Waals surface area contributed by atoms with Gasteiger partial charge in [0, 0.05) is 22.8 Å². The van der Waals surface area contributed by atoms with Crippen molar-refractivity contribution in [1.82, 2.24) is 9.55 Å². The van der Waals surface area contributed by atoms with Crippen LogP contribution in [0.1, 0.15) is 11.1 Å². The fourth-order valence-electron chi connectivity index (χ4n) is 3.05. The number of amides is 1. The third kappa shape index (κ3) is 3.89. The molecule has 4 aromatic rings. The highest BCUT2D eigenvalue weighted by Crippen LogP contribution is 2.29. The van der Waals surface area contributed by atoms with Crippen molar-refractivity contribution in [2.24, 2.45) is 0 Å². The highest BCUT2D eigenvalue weighted by atomic mass is 32.1. The lowest BCUT2D eigenvalue weighted by Crippen LogP contribution is -2.18. The summed E-state index contributed by atoms with van der Waals surface area (Å²) < 4.78 is 1.93. The third-order valence-electron chi connectivity index (χ3n) is 4.73. The summed E-state index contributed by atoms with van der Waals surface area (Å²) >= 11 is 1.59. The molecule has 1 N–H and O–H groups in total. The minimum Gasteiger partial charge on any atom is -0.336 e. The van der Waals surface area contributed by atoms with Crippen molar-refractivity contribution in [1.29, 1.82) is 0 Å². The Morgan fingerprint density at radius 2 is 1.86 bits per heavy atom. The Balaban J connectivity index is 1.51. The van der Waals surface area contributed by atoms with Gasteiger partial charge in [0.1, 0.15) is 11.6 Å². The molecule has 0 saturated carbocycles. The normalized spacial score (nSPS) is 10.8. The summed E-state index contributed by atoms with van der Waals surface area (Å²) in [6.45, 7) is 4.35. The van der Waals surface area contributed by atoms with E-state index in [0.717, 1.165) is 33.2 Å². The molecule has 0 radical (unpaired) electrons. The molecule has 28 heavy (non-hydrogen) atoms. The zero-order chi connectivity index (χ0) is 19.5.